The van der Waals surface area contributed by atoms with E-state index in [0.717, 1.165) is 45.6 Å². The van der Waals surface area contributed by atoms with Gasteiger partial charge < -0.3 is 15.5 Å². The molecule has 4 heteroatoms. The monoisotopic (exact) mass is 241 g/mol. The lowest BCUT2D eigenvalue weighted by Gasteiger charge is -2.23. The van der Waals surface area contributed by atoms with Crippen molar-refractivity contribution in [2.45, 2.75) is 45.6 Å². The van der Waals surface area contributed by atoms with Crippen LogP contribution >= 0.6 is 0 Å². The van der Waals surface area contributed by atoms with Crippen LogP contribution in [0.5, 0.6) is 0 Å². The highest BCUT2D eigenvalue weighted by Gasteiger charge is 2.19. The van der Waals surface area contributed by atoms with E-state index in [0.29, 0.717) is 0 Å². The van der Waals surface area contributed by atoms with E-state index < -0.39 is 0 Å². The Morgan fingerprint density at radius 3 is 2.71 bits per heavy atom. The Morgan fingerprint density at radius 2 is 2.12 bits per heavy atom. The minimum Gasteiger partial charge on any atom is -0.355 e. The molecule has 1 atom stereocenters. The van der Waals surface area contributed by atoms with Gasteiger partial charge in [0.2, 0.25) is 5.91 Å². The van der Waals surface area contributed by atoms with Crippen LogP contribution < -0.4 is 10.6 Å². The second-order valence-electron chi connectivity index (χ2n) is 4.67. The summed E-state index contributed by atoms with van der Waals surface area (Å²) in [5.41, 5.74) is 0. The molecule has 1 aliphatic heterocycles. The summed E-state index contributed by atoms with van der Waals surface area (Å²) < 4.78 is 0. The van der Waals surface area contributed by atoms with Crippen LogP contribution in [0.3, 0.4) is 0 Å². The summed E-state index contributed by atoms with van der Waals surface area (Å²) in [6, 6.07) is 0.0530. The molecule has 1 aliphatic rings. The molecule has 17 heavy (non-hydrogen) atoms. The van der Waals surface area contributed by atoms with Crippen LogP contribution in [0.1, 0.15) is 39.5 Å². The largest absolute Gasteiger partial charge is 0.355 e. The molecule has 2 N–H and O–H groups in total. The lowest BCUT2D eigenvalue weighted by Crippen LogP contribution is -2.47. The first kappa shape index (κ1) is 14.5. The molecule has 0 spiro atoms. The Morgan fingerprint density at radius 1 is 1.35 bits per heavy atom. The fraction of sp³-hybridized carbons (Fsp3) is 0.923. The number of hydrogen-bond acceptors (Lipinski definition) is 3. The summed E-state index contributed by atoms with van der Waals surface area (Å²) in [7, 11) is 0. The van der Waals surface area contributed by atoms with Crippen molar-refractivity contribution in [2.75, 3.05) is 32.7 Å². The van der Waals surface area contributed by atoms with Gasteiger partial charge in [-0.25, -0.2) is 0 Å². The molecule has 1 heterocycles. The van der Waals surface area contributed by atoms with Gasteiger partial charge in [0.05, 0.1) is 6.04 Å². The smallest absolute Gasteiger partial charge is 0.237 e. The van der Waals surface area contributed by atoms with Gasteiger partial charge in [0.25, 0.3) is 0 Å². The molecular weight excluding hydrogens is 214 g/mol. The van der Waals surface area contributed by atoms with Crippen LogP contribution in [0.4, 0.5) is 0 Å². The zero-order chi connectivity index (χ0) is 12.5. The van der Waals surface area contributed by atoms with Crippen LogP contribution in [0.15, 0.2) is 0 Å². The van der Waals surface area contributed by atoms with Gasteiger partial charge in [-0.2, -0.15) is 0 Å². The summed E-state index contributed by atoms with van der Waals surface area (Å²) in [5, 5.41) is 6.30. The second-order valence-corrected chi connectivity index (χ2v) is 4.67. The predicted octanol–water partition coefficient (Wildman–Crippen LogP) is 0.977. The van der Waals surface area contributed by atoms with Crippen LogP contribution in [0.25, 0.3) is 0 Å². The minimum atomic E-state index is 0.0530. The number of carbonyl (C=O) groups excluding carboxylic acids is 1. The Labute approximate surface area is 105 Å². The van der Waals surface area contributed by atoms with Crippen LogP contribution in [0.2, 0.25) is 0 Å². The van der Waals surface area contributed by atoms with E-state index in [2.05, 4.69) is 29.4 Å². The van der Waals surface area contributed by atoms with E-state index in [1.54, 1.807) is 0 Å². The molecule has 0 aromatic rings. The zero-order valence-electron chi connectivity index (χ0n) is 11.3. The molecule has 1 saturated heterocycles. The van der Waals surface area contributed by atoms with E-state index >= 15 is 0 Å². The number of rotatable bonds is 7. The average Bonchev–Trinajstić information content (AvgIpc) is 2.40. The van der Waals surface area contributed by atoms with Gasteiger partial charge in [-0.15, -0.1) is 0 Å². The van der Waals surface area contributed by atoms with Gasteiger partial charge in [-0.05, 0) is 45.4 Å². The van der Waals surface area contributed by atoms with E-state index in [9.17, 15) is 4.79 Å². The maximum absolute atomic E-state index is 11.8. The van der Waals surface area contributed by atoms with E-state index in [-0.39, 0.29) is 11.9 Å². The third kappa shape index (κ3) is 5.50. The molecule has 0 unspecified atom stereocenters. The summed E-state index contributed by atoms with van der Waals surface area (Å²) >= 11 is 0. The first-order valence-corrected chi connectivity index (χ1v) is 7.01. The van der Waals surface area contributed by atoms with Crippen LogP contribution in [-0.4, -0.2) is 49.6 Å². The lowest BCUT2D eigenvalue weighted by atomic mass is 10.0. The highest BCUT2D eigenvalue weighted by atomic mass is 16.2. The van der Waals surface area contributed by atoms with Crippen molar-refractivity contribution >= 4 is 5.91 Å². The number of amides is 1. The molecule has 0 saturated carbocycles. The van der Waals surface area contributed by atoms with Crippen molar-refractivity contribution in [3.05, 3.63) is 0 Å². The standard InChI is InChI=1S/C13H27N3O/c1-3-16(4-2)11-7-10-15-13(17)12-8-5-6-9-14-12/h12,14H,3-11H2,1-2H3,(H,15,17)/t12-/m1/s1. The van der Waals surface area contributed by atoms with Gasteiger partial charge in [0.15, 0.2) is 0 Å². The van der Waals surface area contributed by atoms with Crippen LogP contribution in [0, 0.1) is 0 Å². The predicted molar refractivity (Wildman–Crippen MR) is 71.1 cm³/mol. The number of hydrogen-bond donors (Lipinski definition) is 2. The highest BCUT2D eigenvalue weighted by molar-refractivity contribution is 5.81. The quantitative estimate of drug-likeness (QED) is 0.653. The van der Waals surface area contributed by atoms with Gasteiger partial charge in [0, 0.05) is 6.54 Å². The molecule has 1 rings (SSSR count). The fourth-order valence-electron chi connectivity index (χ4n) is 2.25. The van der Waals surface area contributed by atoms with Crippen molar-refractivity contribution < 1.29 is 4.79 Å². The summed E-state index contributed by atoms with van der Waals surface area (Å²) in [4.78, 5) is 14.2. The molecule has 100 valence electrons. The molecule has 0 aromatic carbocycles. The average molecular weight is 241 g/mol. The molecule has 4 nitrogen and oxygen atoms in total. The van der Waals surface area contributed by atoms with Crippen molar-refractivity contribution in [1.82, 2.24) is 15.5 Å². The Balaban J connectivity index is 2.07. The zero-order valence-corrected chi connectivity index (χ0v) is 11.3. The third-order valence-corrected chi connectivity index (χ3v) is 3.47. The van der Waals surface area contributed by atoms with Crippen molar-refractivity contribution in [2.24, 2.45) is 0 Å². The first-order valence-electron chi connectivity index (χ1n) is 7.01. The van der Waals surface area contributed by atoms with Crippen LogP contribution in [-0.2, 0) is 4.79 Å². The highest BCUT2D eigenvalue weighted by Crippen LogP contribution is 2.06. The van der Waals surface area contributed by atoms with E-state index in [1.807, 2.05) is 0 Å². The fourth-order valence-corrected chi connectivity index (χ4v) is 2.25. The molecule has 0 radical (unpaired) electrons. The van der Waals surface area contributed by atoms with Gasteiger partial charge in [-0.1, -0.05) is 20.3 Å². The van der Waals surface area contributed by atoms with Gasteiger partial charge in [0.1, 0.15) is 0 Å². The summed E-state index contributed by atoms with van der Waals surface area (Å²) in [6.07, 6.45) is 4.40. The second kappa shape index (κ2) is 8.48. The van der Waals surface area contributed by atoms with E-state index in [4.69, 9.17) is 0 Å². The molecule has 0 aromatic heterocycles. The van der Waals surface area contributed by atoms with Crippen molar-refractivity contribution in [3.63, 3.8) is 0 Å². The Hall–Kier alpha value is -0.610. The Kier molecular flexibility index (Phi) is 7.21. The molecule has 1 fully saturated rings. The first-order chi connectivity index (χ1) is 8.27. The normalized spacial score (nSPS) is 20.5. The lowest BCUT2D eigenvalue weighted by molar-refractivity contribution is -0.123. The number of nitrogens with zero attached hydrogens (tertiary/aromatic N) is 1. The third-order valence-electron chi connectivity index (χ3n) is 3.47. The summed E-state index contributed by atoms with van der Waals surface area (Å²) in [6.45, 7) is 9.39. The maximum atomic E-state index is 11.8. The number of carbonyl (C=O) groups is 1. The summed E-state index contributed by atoms with van der Waals surface area (Å²) in [5.74, 6) is 0.184. The molecular formula is C13H27N3O. The van der Waals surface area contributed by atoms with Crippen molar-refractivity contribution in [1.29, 1.82) is 0 Å². The topological polar surface area (TPSA) is 44.4 Å². The SMILES string of the molecule is CCN(CC)CCCNC(=O)[C@H]1CCCCN1. The maximum Gasteiger partial charge on any atom is 0.237 e. The van der Waals surface area contributed by atoms with Gasteiger partial charge >= 0.3 is 0 Å². The van der Waals surface area contributed by atoms with E-state index in [1.165, 1.54) is 12.8 Å². The molecule has 0 aliphatic carbocycles. The minimum absolute atomic E-state index is 0.0530. The number of nitrogens with one attached hydrogen (secondary N) is 2. The molecule has 1 amide bonds. The van der Waals surface area contributed by atoms with Gasteiger partial charge in [-0.3, -0.25) is 4.79 Å². The Bertz CT molecular complexity index is 211. The number of piperidine rings is 1. The van der Waals surface area contributed by atoms with Crippen molar-refractivity contribution in [3.8, 4) is 0 Å². The molecule has 0 bridgehead atoms.